The molecule has 0 saturated heterocycles. The van der Waals surface area contributed by atoms with Gasteiger partial charge >= 0.3 is 0 Å². The smallest absolute Gasteiger partial charge is 0.126 e. The predicted molar refractivity (Wildman–Crippen MR) is 71.8 cm³/mol. The molecule has 0 heterocycles. The van der Waals surface area contributed by atoms with Crippen molar-refractivity contribution in [2.24, 2.45) is 11.8 Å². The Morgan fingerprint density at radius 2 is 1.68 bits per heavy atom. The van der Waals surface area contributed by atoms with Crippen LogP contribution < -0.4 is 0 Å². The fourth-order valence-corrected chi connectivity index (χ4v) is 3.12. The van der Waals surface area contributed by atoms with Gasteiger partial charge in [0, 0.05) is 6.07 Å². The Hall–Kier alpha value is -0.960. The molecule has 1 saturated carbocycles. The van der Waals surface area contributed by atoms with E-state index in [0.29, 0.717) is 12.0 Å². The van der Waals surface area contributed by atoms with E-state index in [1.807, 2.05) is 0 Å². The maximum absolute atomic E-state index is 13.1. The first-order chi connectivity index (χ1) is 9.08. The molecule has 0 bridgehead atoms. The molecule has 1 atom stereocenters. The molecule has 0 amide bonds. The van der Waals surface area contributed by atoms with Crippen molar-refractivity contribution in [3.63, 3.8) is 0 Å². The number of halogens is 2. The first-order valence-electron chi connectivity index (χ1n) is 7.21. The van der Waals surface area contributed by atoms with Crippen molar-refractivity contribution in [3.05, 3.63) is 35.4 Å². The molecule has 1 unspecified atom stereocenters. The molecule has 1 aliphatic carbocycles. The van der Waals surface area contributed by atoms with Crippen LogP contribution in [0.4, 0.5) is 8.78 Å². The Kier molecular flexibility index (Phi) is 4.92. The van der Waals surface area contributed by atoms with E-state index in [9.17, 15) is 13.9 Å². The van der Waals surface area contributed by atoms with Gasteiger partial charge < -0.3 is 5.11 Å². The average Bonchev–Trinajstić information content (AvgIpc) is 2.37. The molecule has 106 valence electrons. The van der Waals surface area contributed by atoms with Gasteiger partial charge in [-0.15, -0.1) is 0 Å². The summed E-state index contributed by atoms with van der Waals surface area (Å²) in [5, 5.41) is 10.2. The number of benzene rings is 1. The molecule has 0 spiro atoms. The van der Waals surface area contributed by atoms with Crippen LogP contribution in [0.3, 0.4) is 0 Å². The van der Waals surface area contributed by atoms with Crippen molar-refractivity contribution in [2.75, 3.05) is 0 Å². The quantitative estimate of drug-likeness (QED) is 0.872. The number of aliphatic hydroxyl groups excluding tert-OH is 1. The molecule has 1 aliphatic rings. The summed E-state index contributed by atoms with van der Waals surface area (Å²) in [6.45, 7) is 2.21. The van der Waals surface area contributed by atoms with E-state index < -0.39 is 17.7 Å². The zero-order valence-electron chi connectivity index (χ0n) is 11.4. The fraction of sp³-hybridized carbons (Fsp3) is 0.625. The van der Waals surface area contributed by atoms with Crippen LogP contribution >= 0.6 is 0 Å². The van der Waals surface area contributed by atoms with Gasteiger partial charge in [0.15, 0.2) is 0 Å². The molecule has 3 heteroatoms. The minimum atomic E-state index is -0.572. The highest BCUT2D eigenvalue weighted by Crippen LogP contribution is 2.33. The van der Waals surface area contributed by atoms with E-state index in [0.717, 1.165) is 37.7 Å². The molecular weight excluding hydrogens is 246 g/mol. The standard InChI is InChI=1S/C16H22F2O/c1-2-11-3-5-13(6-4-11)16(19)9-12-7-14(17)10-15(18)8-12/h7-8,10-11,13,16,19H,2-6,9H2,1H3. The van der Waals surface area contributed by atoms with E-state index in [1.165, 1.54) is 18.6 Å². The highest BCUT2D eigenvalue weighted by Gasteiger charge is 2.25. The third kappa shape index (κ3) is 4.00. The predicted octanol–water partition coefficient (Wildman–Crippen LogP) is 4.08. The zero-order chi connectivity index (χ0) is 13.8. The summed E-state index contributed by atoms with van der Waals surface area (Å²) >= 11 is 0. The lowest BCUT2D eigenvalue weighted by atomic mass is 9.77. The van der Waals surface area contributed by atoms with E-state index in [2.05, 4.69) is 6.92 Å². The number of hydrogen-bond donors (Lipinski definition) is 1. The second kappa shape index (κ2) is 6.47. The van der Waals surface area contributed by atoms with Gasteiger partial charge in [-0.2, -0.15) is 0 Å². The maximum Gasteiger partial charge on any atom is 0.126 e. The Labute approximate surface area is 113 Å². The monoisotopic (exact) mass is 268 g/mol. The average molecular weight is 268 g/mol. The lowest BCUT2D eigenvalue weighted by Gasteiger charge is -2.31. The molecule has 1 aromatic carbocycles. The van der Waals surface area contributed by atoms with Crippen molar-refractivity contribution in [1.82, 2.24) is 0 Å². The van der Waals surface area contributed by atoms with Gasteiger partial charge in [0.1, 0.15) is 11.6 Å². The van der Waals surface area contributed by atoms with Gasteiger partial charge in [-0.3, -0.25) is 0 Å². The fourth-order valence-electron chi connectivity index (χ4n) is 3.12. The molecule has 0 radical (unpaired) electrons. The number of rotatable bonds is 4. The summed E-state index contributed by atoms with van der Waals surface area (Å²) in [6, 6.07) is 3.48. The van der Waals surface area contributed by atoms with E-state index in [4.69, 9.17) is 0 Å². The first kappa shape index (κ1) is 14.4. The highest BCUT2D eigenvalue weighted by molar-refractivity contribution is 5.18. The first-order valence-corrected chi connectivity index (χ1v) is 7.21. The van der Waals surface area contributed by atoms with Crippen LogP contribution in [0.15, 0.2) is 18.2 Å². The van der Waals surface area contributed by atoms with E-state index in [1.54, 1.807) is 0 Å². The summed E-state index contributed by atoms with van der Waals surface area (Å²) in [6.07, 6.45) is 5.44. The lowest BCUT2D eigenvalue weighted by Crippen LogP contribution is -2.27. The molecule has 0 aromatic heterocycles. The van der Waals surface area contributed by atoms with Crippen molar-refractivity contribution in [2.45, 2.75) is 51.6 Å². The van der Waals surface area contributed by atoms with Crippen LogP contribution in [0.2, 0.25) is 0 Å². The molecule has 1 fully saturated rings. The Balaban J connectivity index is 1.92. The van der Waals surface area contributed by atoms with Crippen molar-refractivity contribution in [3.8, 4) is 0 Å². The second-order valence-electron chi connectivity index (χ2n) is 5.74. The van der Waals surface area contributed by atoms with Crippen LogP contribution in [-0.4, -0.2) is 11.2 Å². The topological polar surface area (TPSA) is 20.2 Å². The van der Waals surface area contributed by atoms with Crippen LogP contribution in [0.1, 0.15) is 44.6 Å². The summed E-state index contributed by atoms with van der Waals surface area (Å²) < 4.78 is 26.2. The van der Waals surface area contributed by atoms with E-state index in [-0.39, 0.29) is 5.92 Å². The summed E-state index contributed by atoms with van der Waals surface area (Å²) in [4.78, 5) is 0. The summed E-state index contributed by atoms with van der Waals surface area (Å²) in [5.41, 5.74) is 0.544. The SMILES string of the molecule is CCC1CCC(C(O)Cc2cc(F)cc(F)c2)CC1. The Morgan fingerprint density at radius 3 is 2.21 bits per heavy atom. The maximum atomic E-state index is 13.1. The summed E-state index contributed by atoms with van der Waals surface area (Å²) in [5.74, 6) is -0.0852. The Bertz CT molecular complexity index is 391. The second-order valence-corrected chi connectivity index (χ2v) is 5.74. The normalized spacial score (nSPS) is 25.3. The lowest BCUT2D eigenvalue weighted by molar-refractivity contribution is 0.0734. The van der Waals surface area contributed by atoms with Crippen molar-refractivity contribution >= 4 is 0 Å². The van der Waals surface area contributed by atoms with Gasteiger partial charge in [0.25, 0.3) is 0 Å². The zero-order valence-corrected chi connectivity index (χ0v) is 11.4. The third-order valence-electron chi connectivity index (χ3n) is 4.38. The Morgan fingerprint density at radius 1 is 1.11 bits per heavy atom. The molecule has 19 heavy (non-hydrogen) atoms. The third-order valence-corrected chi connectivity index (χ3v) is 4.38. The molecular formula is C16H22F2O. The highest BCUT2D eigenvalue weighted by atomic mass is 19.1. The van der Waals surface area contributed by atoms with Crippen LogP contribution in [0, 0.1) is 23.5 Å². The van der Waals surface area contributed by atoms with E-state index >= 15 is 0 Å². The minimum absolute atomic E-state index is 0.272. The molecule has 1 N–H and O–H groups in total. The molecule has 1 aromatic rings. The van der Waals surface area contributed by atoms with Crippen LogP contribution in [0.25, 0.3) is 0 Å². The van der Waals surface area contributed by atoms with Crippen LogP contribution in [0.5, 0.6) is 0 Å². The van der Waals surface area contributed by atoms with Crippen LogP contribution in [-0.2, 0) is 6.42 Å². The van der Waals surface area contributed by atoms with Gasteiger partial charge in [-0.25, -0.2) is 8.78 Å². The molecule has 0 aliphatic heterocycles. The van der Waals surface area contributed by atoms with Crippen molar-refractivity contribution < 1.29 is 13.9 Å². The number of aliphatic hydroxyl groups is 1. The van der Waals surface area contributed by atoms with Gasteiger partial charge in [0.2, 0.25) is 0 Å². The van der Waals surface area contributed by atoms with Gasteiger partial charge in [0.05, 0.1) is 6.10 Å². The van der Waals surface area contributed by atoms with Crippen molar-refractivity contribution in [1.29, 1.82) is 0 Å². The number of hydrogen-bond acceptors (Lipinski definition) is 1. The summed E-state index contributed by atoms with van der Waals surface area (Å²) in [7, 11) is 0. The van der Waals surface area contributed by atoms with Gasteiger partial charge in [-0.05, 0) is 48.8 Å². The minimum Gasteiger partial charge on any atom is -0.392 e. The largest absolute Gasteiger partial charge is 0.392 e. The molecule has 1 nitrogen and oxygen atoms in total. The molecule has 2 rings (SSSR count). The van der Waals surface area contributed by atoms with Gasteiger partial charge in [-0.1, -0.05) is 26.2 Å².